The minimum absolute atomic E-state index is 0.0249. The second-order valence-electron chi connectivity index (χ2n) is 9.72. The quantitative estimate of drug-likeness (QED) is 0.442. The fraction of sp³-hybridized carbons (Fsp3) is 0.385. The number of aromatic nitrogens is 2. The number of nitrogens with one attached hydrogen (secondary N) is 2. The largest absolute Gasteiger partial charge is 0.573 e. The number of carbonyl (C=O) groups is 2. The molecule has 1 aliphatic heterocycles. The van der Waals surface area contributed by atoms with Crippen molar-refractivity contribution in [1.29, 1.82) is 0 Å². The number of nitrogens with zero attached hydrogens (tertiary/aromatic N) is 4. The molecule has 0 unspecified atom stereocenters. The van der Waals surface area contributed by atoms with E-state index in [9.17, 15) is 22.8 Å². The summed E-state index contributed by atoms with van der Waals surface area (Å²) in [4.78, 5) is 30.5. The minimum atomic E-state index is -4.98. The van der Waals surface area contributed by atoms with Crippen LogP contribution in [0.3, 0.4) is 0 Å². The van der Waals surface area contributed by atoms with Crippen molar-refractivity contribution in [2.45, 2.75) is 31.7 Å². The molecule has 2 fully saturated rings. The molecule has 206 valence electrons. The van der Waals surface area contributed by atoms with Crippen molar-refractivity contribution >= 4 is 34.0 Å². The maximum Gasteiger partial charge on any atom is 0.573 e. The number of likely N-dealkylation sites (N-methyl/N-ethyl adjacent to an activating group) is 1. The molecule has 5 rings (SSSR count). The van der Waals surface area contributed by atoms with E-state index in [1.807, 2.05) is 38.2 Å². The highest BCUT2D eigenvalue weighted by Gasteiger charge is 2.55. The van der Waals surface area contributed by atoms with Gasteiger partial charge < -0.3 is 15.0 Å². The van der Waals surface area contributed by atoms with Crippen molar-refractivity contribution in [3.05, 3.63) is 53.6 Å². The molecule has 1 aromatic heterocycles. The average molecular weight is 561 g/mol. The third-order valence-corrected chi connectivity index (χ3v) is 7.86. The smallest absolute Gasteiger partial charge is 0.404 e. The second kappa shape index (κ2) is 10.5. The van der Waals surface area contributed by atoms with Crippen LogP contribution in [0.1, 0.15) is 28.8 Å². The Morgan fingerprint density at radius 3 is 2.41 bits per heavy atom. The zero-order chi connectivity index (χ0) is 27.8. The Labute approximate surface area is 227 Å². The highest BCUT2D eigenvalue weighted by atomic mass is 32.1. The van der Waals surface area contributed by atoms with Crippen LogP contribution in [0.5, 0.6) is 5.75 Å². The maximum atomic E-state index is 13.3. The average Bonchev–Trinajstić information content (AvgIpc) is 3.57. The molecule has 0 radical (unpaired) electrons. The van der Waals surface area contributed by atoms with Crippen LogP contribution in [0.2, 0.25) is 0 Å². The monoisotopic (exact) mass is 560 g/mol. The number of halogens is 3. The number of alkyl halides is 3. The van der Waals surface area contributed by atoms with Crippen molar-refractivity contribution < 1.29 is 27.5 Å². The van der Waals surface area contributed by atoms with Gasteiger partial charge in [-0.05, 0) is 50.6 Å². The van der Waals surface area contributed by atoms with Crippen LogP contribution < -0.4 is 15.4 Å². The first-order chi connectivity index (χ1) is 18.5. The van der Waals surface area contributed by atoms with Gasteiger partial charge in [0.05, 0.1) is 5.69 Å². The molecule has 2 amide bonds. The van der Waals surface area contributed by atoms with Crippen molar-refractivity contribution in [3.8, 4) is 16.3 Å². The number of benzene rings is 2. The summed E-state index contributed by atoms with van der Waals surface area (Å²) >= 11 is 1.17. The Morgan fingerprint density at radius 1 is 1.03 bits per heavy atom. The molecule has 1 aliphatic carbocycles. The summed E-state index contributed by atoms with van der Waals surface area (Å²) in [6, 6.07) is 11.0. The lowest BCUT2D eigenvalue weighted by atomic mass is 10.1. The van der Waals surface area contributed by atoms with E-state index in [1.54, 1.807) is 0 Å². The normalized spacial score (nSPS) is 17.5. The Bertz CT molecular complexity index is 1380. The third-order valence-electron chi connectivity index (χ3n) is 6.99. The van der Waals surface area contributed by atoms with Crippen molar-refractivity contribution in [1.82, 2.24) is 20.0 Å². The predicted octanol–water partition coefficient (Wildman–Crippen LogP) is 4.38. The summed E-state index contributed by atoms with van der Waals surface area (Å²) in [6.07, 6.45) is -3.76. The van der Waals surface area contributed by atoms with Gasteiger partial charge in [0.25, 0.3) is 5.91 Å². The summed E-state index contributed by atoms with van der Waals surface area (Å²) in [6.45, 7) is 4.90. The standard InChI is InChI=1S/C26H27F3N6O3S/c1-16-5-3-4-6-18(16)22-32-33-24(39-22)31-21(36)17-7-8-20(38-26(27,28)29)19(15-17)30-23(37)25(9-10-25)35-13-11-34(2)12-14-35/h3-8,15H,9-14H2,1-2H3,(H,30,37)(H,31,33,36). The number of hydrogen-bond donors (Lipinski definition) is 2. The summed E-state index contributed by atoms with van der Waals surface area (Å²) in [7, 11) is 2.00. The molecule has 2 N–H and O–H groups in total. The van der Waals surface area contributed by atoms with Crippen LogP contribution in [0.15, 0.2) is 42.5 Å². The number of hydrogen-bond acceptors (Lipinski definition) is 8. The molecule has 1 saturated heterocycles. The Morgan fingerprint density at radius 2 is 1.74 bits per heavy atom. The van der Waals surface area contributed by atoms with Gasteiger partial charge in [0.15, 0.2) is 5.75 Å². The molecular formula is C26H27F3N6O3S. The molecule has 39 heavy (non-hydrogen) atoms. The fourth-order valence-electron chi connectivity index (χ4n) is 4.63. The molecule has 0 spiro atoms. The van der Waals surface area contributed by atoms with Crippen molar-refractivity contribution in [2.24, 2.45) is 0 Å². The molecule has 1 saturated carbocycles. The summed E-state index contributed by atoms with van der Waals surface area (Å²) in [5.41, 5.74) is 0.897. The van der Waals surface area contributed by atoms with Crippen molar-refractivity contribution in [3.63, 3.8) is 0 Å². The first-order valence-corrected chi connectivity index (χ1v) is 13.2. The van der Waals surface area contributed by atoms with Crippen LogP contribution >= 0.6 is 11.3 Å². The molecule has 2 heterocycles. The first-order valence-electron chi connectivity index (χ1n) is 12.4. The number of amides is 2. The molecule has 13 heteroatoms. The molecule has 2 aromatic carbocycles. The second-order valence-corrected chi connectivity index (χ2v) is 10.7. The van der Waals surface area contributed by atoms with Gasteiger partial charge in [0.2, 0.25) is 11.0 Å². The number of anilines is 2. The lowest BCUT2D eigenvalue weighted by Gasteiger charge is -2.37. The molecule has 9 nitrogen and oxygen atoms in total. The van der Waals surface area contributed by atoms with Gasteiger partial charge in [0.1, 0.15) is 10.5 Å². The zero-order valence-electron chi connectivity index (χ0n) is 21.3. The van der Waals surface area contributed by atoms with Gasteiger partial charge in [-0.1, -0.05) is 35.6 Å². The lowest BCUT2D eigenvalue weighted by molar-refractivity contribution is -0.274. The van der Waals surface area contributed by atoms with Crippen LogP contribution in [-0.2, 0) is 4.79 Å². The van der Waals surface area contributed by atoms with E-state index in [4.69, 9.17) is 0 Å². The van der Waals surface area contributed by atoms with E-state index in [0.29, 0.717) is 30.9 Å². The Balaban J connectivity index is 1.35. The molecule has 3 aromatic rings. The molecule has 0 bridgehead atoms. The number of rotatable bonds is 7. The Hall–Kier alpha value is -3.55. The lowest BCUT2D eigenvalue weighted by Crippen LogP contribution is -2.54. The van der Waals surface area contributed by atoms with Gasteiger partial charge in [-0.25, -0.2) is 0 Å². The molecule has 2 aliphatic rings. The number of piperazine rings is 1. The van der Waals surface area contributed by atoms with Gasteiger partial charge in [-0.3, -0.25) is 19.8 Å². The highest BCUT2D eigenvalue weighted by Crippen LogP contribution is 2.44. The Kier molecular flexibility index (Phi) is 7.31. The SMILES string of the molecule is Cc1ccccc1-c1nnc(NC(=O)c2ccc(OC(F)(F)F)c(NC(=O)C3(N4CCN(C)CC4)CC3)c2)s1. The number of carbonyl (C=O) groups excluding carboxylic acids is 2. The van der Waals surface area contributed by atoms with Crippen LogP contribution in [-0.4, -0.2) is 76.9 Å². The predicted molar refractivity (Wildman–Crippen MR) is 141 cm³/mol. The summed E-state index contributed by atoms with van der Waals surface area (Å²) < 4.78 is 43.5. The van der Waals surface area contributed by atoms with E-state index in [-0.39, 0.29) is 16.4 Å². The van der Waals surface area contributed by atoms with E-state index in [0.717, 1.165) is 30.3 Å². The van der Waals surface area contributed by atoms with Gasteiger partial charge >= 0.3 is 6.36 Å². The van der Waals surface area contributed by atoms with E-state index in [2.05, 4.69) is 35.4 Å². The van der Waals surface area contributed by atoms with E-state index < -0.39 is 29.5 Å². The molecule has 0 atom stereocenters. The number of ether oxygens (including phenoxy) is 1. The van der Waals surface area contributed by atoms with E-state index >= 15 is 0 Å². The number of aryl methyl sites for hydroxylation is 1. The van der Waals surface area contributed by atoms with Crippen LogP contribution in [0, 0.1) is 6.92 Å². The minimum Gasteiger partial charge on any atom is -0.404 e. The fourth-order valence-corrected chi connectivity index (χ4v) is 5.45. The first kappa shape index (κ1) is 27.0. The zero-order valence-corrected chi connectivity index (χ0v) is 22.2. The van der Waals surface area contributed by atoms with E-state index in [1.165, 1.54) is 23.5 Å². The third kappa shape index (κ3) is 6.05. The van der Waals surface area contributed by atoms with Crippen LogP contribution in [0.25, 0.3) is 10.6 Å². The van der Waals surface area contributed by atoms with Gasteiger partial charge in [-0.15, -0.1) is 23.4 Å². The summed E-state index contributed by atoms with van der Waals surface area (Å²) in [5.74, 6) is -1.63. The van der Waals surface area contributed by atoms with Crippen LogP contribution in [0.4, 0.5) is 24.0 Å². The summed E-state index contributed by atoms with van der Waals surface area (Å²) in [5, 5.41) is 14.2. The van der Waals surface area contributed by atoms with Gasteiger partial charge in [-0.2, -0.15) is 0 Å². The van der Waals surface area contributed by atoms with Crippen molar-refractivity contribution in [2.75, 3.05) is 43.9 Å². The van der Waals surface area contributed by atoms with Gasteiger partial charge in [0, 0.05) is 37.3 Å². The highest BCUT2D eigenvalue weighted by molar-refractivity contribution is 7.18. The molecular weight excluding hydrogens is 533 g/mol. The topological polar surface area (TPSA) is 99.7 Å². The maximum absolute atomic E-state index is 13.3.